The first-order valence-electron chi connectivity index (χ1n) is 6.80. The van der Waals surface area contributed by atoms with Gasteiger partial charge in [0.25, 0.3) is 0 Å². The third-order valence-electron chi connectivity index (χ3n) is 3.43. The predicted molar refractivity (Wildman–Crippen MR) is 69.7 cm³/mol. The van der Waals surface area contributed by atoms with Crippen molar-refractivity contribution in [3.05, 3.63) is 0 Å². The van der Waals surface area contributed by atoms with E-state index < -0.39 is 0 Å². The van der Waals surface area contributed by atoms with Crippen LogP contribution in [0.25, 0.3) is 0 Å². The second kappa shape index (κ2) is 6.02. The van der Waals surface area contributed by atoms with E-state index in [9.17, 15) is 0 Å². The van der Waals surface area contributed by atoms with E-state index in [0.717, 1.165) is 12.5 Å². The molecular formula is C14H29NO. The van der Waals surface area contributed by atoms with Gasteiger partial charge in [-0.25, -0.2) is 0 Å². The first-order valence-corrected chi connectivity index (χ1v) is 6.80. The maximum Gasteiger partial charge on any atom is 0.0707 e. The average molecular weight is 227 g/mol. The van der Waals surface area contributed by atoms with Crippen molar-refractivity contribution in [3.8, 4) is 0 Å². The minimum Gasteiger partial charge on any atom is -0.371 e. The van der Waals surface area contributed by atoms with Crippen LogP contribution in [0.15, 0.2) is 0 Å². The molecule has 96 valence electrons. The zero-order valence-electron chi connectivity index (χ0n) is 11.7. The van der Waals surface area contributed by atoms with Crippen molar-refractivity contribution in [3.63, 3.8) is 0 Å². The van der Waals surface area contributed by atoms with Crippen LogP contribution in [0.5, 0.6) is 0 Å². The van der Waals surface area contributed by atoms with Crippen molar-refractivity contribution in [1.82, 2.24) is 5.32 Å². The molecule has 2 unspecified atom stereocenters. The molecule has 0 spiro atoms. The van der Waals surface area contributed by atoms with Gasteiger partial charge in [0.15, 0.2) is 0 Å². The molecule has 0 radical (unpaired) electrons. The van der Waals surface area contributed by atoms with Crippen molar-refractivity contribution < 1.29 is 4.74 Å². The zero-order chi connectivity index (χ0) is 12.2. The Kier molecular flexibility index (Phi) is 5.26. The standard InChI is InChI=1S/C14H29NO/c1-11(2)6-7-12(3)15-10-13-8-9-14(4,5)16-13/h11-13,15H,6-10H2,1-5H3. The molecule has 16 heavy (non-hydrogen) atoms. The predicted octanol–water partition coefficient (Wildman–Crippen LogP) is 3.36. The summed E-state index contributed by atoms with van der Waals surface area (Å²) in [5.74, 6) is 0.811. The van der Waals surface area contributed by atoms with E-state index in [1.54, 1.807) is 0 Å². The summed E-state index contributed by atoms with van der Waals surface area (Å²) in [5.41, 5.74) is 0.105. The molecule has 1 aliphatic rings. The Labute approximate surface area is 101 Å². The highest BCUT2D eigenvalue weighted by Gasteiger charge is 2.31. The summed E-state index contributed by atoms with van der Waals surface area (Å²) in [6, 6.07) is 0.620. The number of nitrogens with one attached hydrogen (secondary N) is 1. The fourth-order valence-corrected chi connectivity index (χ4v) is 2.24. The highest BCUT2D eigenvalue weighted by Crippen LogP contribution is 2.28. The monoisotopic (exact) mass is 227 g/mol. The SMILES string of the molecule is CC(C)CCC(C)NCC1CCC(C)(C)O1. The van der Waals surface area contributed by atoms with Crippen LogP contribution in [0.2, 0.25) is 0 Å². The second-order valence-corrected chi connectivity index (χ2v) is 6.32. The Bertz CT molecular complexity index is 201. The van der Waals surface area contributed by atoms with Crippen molar-refractivity contribution in [2.75, 3.05) is 6.54 Å². The molecule has 0 aromatic heterocycles. The molecule has 1 rings (SSSR count). The number of rotatable bonds is 6. The molecule has 0 aliphatic carbocycles. The normalized spacial score (nSPS) is 26.2. The average Bonchev–Trinajstić information content (AvgIpc) is 2.52. The van der Waals surface area contributed by atoms with Crippen LogP contribution >= 0.6 is 0 Å². The van der Waals surface area contributed by atoms with E-state index in [1.165, 1.54) is 25.7 Å². The molecule has 0 aromatic carbocycles. The van der Waals surface area contributed by atoms with E-state index in [0.29, 0.717) is 12.1 Å². The lowest BCUT2D eigenvalue weighted by atomic mass is 10.0. The van der Waals surface area contributed by atoms with Gasteiger partial charge in [0.2, 0.25) is 0 Å². The van der Waals surface area contributed by atoms with Gasteiger partial charge in [-0.05, 0) is 52.4 Å². The molecular weight excluding hydrogens is 198 g/mol. The lowest BCUT2D eigenvalue weighted by Gasteiger charge is -2.21. The molecule has 0 saturated carbocycles. The highest BCUT2D eigenvalue weighted by atomic mass is 16.5. The molecule has 1 heterocycles. The topological polar surface area (TPSA) is 21.3 Å². The third kappa shape index (κ3) is 5.31. The van der Waals surface area contributed by atoms with Crippen LogP contribution < -0.4 is 5.32 Å². The molecule has 1 saturated heterocycles. The van der Waals surface area contributed by atoms with Crippen LogP contribution in [-0.4, -0.2) is 24.3 Å². The van der Waals surface area contributed by atoms with Gasteiger partial charge in [0.1, 0.15) is 0 Å². The van der Waals surface area contributed by atoms with E-state index in [4.69, 9.17) is 4.74 Å². The highest BCUT2D eigenvalue weighted by molar-refractivity contribution is 4.82. The number of hydrogen-bond donors (Lipinski definition) is 1. The summed E-state index contributed by atoms with van der Waals surface area (Å²) >= 11 is 0. The Hall–Kier alpha value is -0.0800. The smallest absolute Gasteiger partial charge is 0.0707 e. The fraction of sp³-hybridized carbons (Fsp3) is 1.00. The van der Waals surface area contributed by atoms with E-state index in [1.807, 2.05) is 0 Å². The lowest BCUT2D eigenvalue weighted by Crippen LogP contribution is -2.35. The van der Waals surface area contributed by atoms with Gasteiger partial charge in [0, 0.05) is 12.6 Å². The lowest BCUT2D eigenvalue weighted by molar-refractivity contribution is -0.0150. The van der Waals surface area contributed by atoms with E-state index >= 15 is 0 Å². The van der Waals surface area contributed by atoms with Gasteiger partial charge in [-0.1, -0.05) is 13.8 Å². The summed E-state index contributed by atoms with van der Waals surface area (Å²) in [6.07, 6.45) is 5.41. The minimum absolute atomic E-state index is 0.105. The fourth-order valence-electron chi connectivity index (χ4n) is 2.24. The summed E-state index contributed by atoms with van der Waals surface area (Å²) in [7, 11) is 0. The second-order valence-electron chi connectivity index (χ2n) is 6.32. The van der Waals surface area contributed by atoms with Crippen LogP contribution in [0.4, 0.5) is 0 Å². The summed E-state index contributed by atoms with van der Waals surface area (Å²) in [4.78, 5) is 0. The summed E-state index contributed by atoms with van der Waals surface area (Å²) in [6.45, 7) is 12.3. The molecule has 0 amide bonds. The minimum atomic E-state index is 0.105. The van der Waals surface area contributed by atoms with E-state index in [-0.39, 0.29) is 5.60 Å². The Morgan fingerprint density at radius 3 is 2.44 bits per heavy atom. The molecule has 2 heteroatoms. The van der Waals surface area contributed by atoms with Gasteiger partial charge in [0.05, 0.1) is 11.7 Å². The molecule has 1 aliphatic heterocycles. The largest absolute Gasteiger partial charge is 0.371 e. The van der Waals surface area contributed by atoms with Crippen molar-refractivity contribution in [2.45, 2.75) is 78.0 Å². The molecule has 1 N–H and O–H groups in total. The Balaban J connectivity index is 2.11. The van der Waals surface area contributed by atoms with Crippen LogP contribution in [0.1, 0.15) is 60.3 Å². The van der Waals surface area contributed by atoms with Crippen molar-refractivity contribution in [2.24, 2.45) is 5.92 Å². The number of ether oxygens (including phenoxy) is 1. The molecule has 1 fully saturated rings. The maximum atomic E-state index is 5.96. The van der Waals surface area contributed by atoms with Gasteiger partial charge in [-0.3, -0.25) is 0 Å². The van der Waals surface area contributed by atoms with Crippen molar-refractivity contribution >= 4 is 0 Å². The third-order valence-corrected chi connectivity index (χ3v) is 3.43. The quantitative estimate of drug-likeness (QED) is 0.751. The van der Waals surface area contributed by atoms with Gasteiger partial charge >= 0.3 is 0 Å². The van der Waals surface area contributed by atoms with Crippen molar-refractivity contribution in [1.29, 1.82) is 0 Å². The van der Waals surface area contributed by atoms with Gasteiger partial charge in [-0.15, -0.1) is 0 Å². The van der Waals surface area contributed by atoms with Crippen LogP contribution in [0, 0.1) is 5.92 Å². The maximum absolute atomic E-state index is 5.96. The van der Waals surface area contributed by atoms with E-state index in [2.05, 4.69) is 39.9 Å². The molecule has 2 nitrogen and oxygen atoms in total. The van der Waals surface area contributed by atoms with Crippen LogP contribution in [0.3, 0.4) is 0 Å². The zero-order valence-corrected chi connectivity index (χ0v) is 11.7. The Morgan fingerprint density at radius 1 is 1.25 bits per heavy atom. The number of hydrogen-bond acceptors (Lipinski definition) is 2. The molecule has 0 bridgehead atoms. The Morgan fingerprint density at radius 2 is 1.94 bits per heavy atom. The molecule has 0 aromatic rings. The summed E-state index contributed by atoms with van der Waals surface area (Å²) < 4.78 is 5.96. The summed E-state index contributed by atoms with van der Waals surface area (Å²) in [5, 5.41) is 3.59. The molecule has 2 atom stereocenters. The van der Waals surface area contributed by atoms with Gasteiger partial charge in [-0.2, -0.15) is 0 Å². The first kappa shape index (κ1) is 14.0. The van der Waals surface area contributed by atoms with Crippen LogP contribution in [-0.2, 0) is 4.74 Å². The first-order chi connectivity index (χ1) is 7.39. The van der Waals surface area contributed by atoms with Gasteiger partial charge < -0.3 is 10.1 Å².